The first-order chi connectivity index (χ1) is 10.6. The van der Waals surface area contributed by atoms with Gasteiger partial charge in [-0.3, -0.25) is 4.79 Å². The van der Waals surface area contributed by atoms with Crippen LogP contribution < -0.4 is 5.32 Å². The Balaban J connectivity index is 1.91. The molecule has 4 atom stereocenters. The van der Waals surface area contributed by atoms with Gasteiger partial charge in [0.15, 0.2) is 12.5 Å². The predicted octanol–water partition coefficient (Wildman–Crippen LogP) is -1.03. The number of nitrogens with zero attached hydrogens (tertiary/aromatic N) is 3. The quantitative estimate of drug-likeness (QED) is 0.530. The molecule has 9 nitrogen and oxygen atoms in total. The third-order valence-corrected chi connectivity index (χ3v) is 3.78. The third-order valence-electron chi connectivity index (χ3n) is 3.78. The van der Waals surface area contributed by atoms with E-state index in [1.807, 2.05) is 0 Å². The molecule has 1 fully saturated rings. The van der Waals surface area contributed by atoms with Crippen LogP contribution in [0.2, 0.25) is 0 Å². The number of rotatable bonds is 1. The lowest BCUT2D eigenvalue weighted by atomic mass is 10.2. The zero-order valence-corrected chi connectivity index (χ0v) is 11.1. The van der Waals surface area contributed by atoms with Crippen LogP contribution >= 0.6 is 0 Å². The summed E-state index contributed by atoms with van der Waals surface area (Å²) in [6.07, 6.45) is 0.667. The van der Waals surface area contributed by atoms with E-state index in [-0.39, 0.29) is 5.91 Å². The molecule has 22 heavy (non-hydrogen) atoms. The summed E-state index contributed by atoms with van der Waals surface area (Å²) in [5.74, 6) is 0.0491. The highest BCUT2D eigenvalue weighted by molar-refractivity contribution is 6.11. The van der Waals surface area contributed by atoms with E-state index < -0.39 is 24.7 Å². The minimum Gasteiger partial charge on any atom is -0.385 e. The van der Waals surface area contributed by atoms with Crippen LogP contribution in [0, 0.1) is 0 Å². The lowest BCUT2D eigenvalue weighted by Gasteiger charge is -2.16. The number of anilines is 1. The number of amides is 1. The summed E-state index contributed by atoms with van der Waals surface area (Å²) in [4.78, 5) is 19.8. The first kappa shape index (κ1) is 13.3. The van der Waals surface area contributed by atoms with Crippen LogP contribution in [0.15, 0.2) is 18.6 Å². The van der Waals surface area contributed by atoms with Gasteiger partial charge in [0.1, 0.15) is 30.0 Å². The van der Waals surface area contributed by atoms with E-state index in [1.54, 1.807) is 12.3 Å². The molecule has 2 aliphatic rings. The molecule has 0 spiro atoms. The van der Waals surface area contributed by atoms with Crippen LogP contribution in [0.1, 0.15) is 11.8 Å². The molecule has 2 aromatic rings. The lowest BCUT2D eigenvalue weighted by Crippen LogP contribution is -2.31. The molecule has 2 aromatic heterocycles. The number of hydrogen-bond donors (Lipinski definition) is 4. The van der Waals surface area contributed by atoms with Crippen LogP contribution in [-0.4, -0.2) is 54.3 Å². The van der Waals surface area contributed by atoms with Crippen molar-refractivity contribution >= 4 is 28.8 Å². The van der Waals surface area contributed by atoms with Gasteiger partial charge in [-0.2, -0.15) is 0 Å². The average Bonchev–Trinajstić information content (AvgIpc) is 2.92. The molecular weight excluding hydrogens is 292 g/mol. The topological polar surface area (TPSA) is 130 Å². The Morgan fingerprint density at radius 2 is 2.00 bits per heavy atom. The second kappa shape index (κ2) is 4.58. The van der Waals surface area contributed by atoms with Gasteiger partial charge in [-0.15, -0.1) is 0 Å². The predicted molar refractivity (Wildman–Crippen MR) is 73.3 cm³/mol. The van der Waals surface area contributed by atoms with Crippen LogP contribution in [0.25, 0.3) is 17.1 Å². The molecule has 4 heterocycles. The summed E-state index contributed by atoms with van der Waals surface area (Å²) < 4.78 is 6.70. The molecule has 0 bridgehead atoms. The molecule has 1 amide bonds. The van der Waals surface area contributed by atoms with Crippen molar-refractivity contribution in [3.63, 3.8) is 0 Å². The summed E-state index contributed by atoms with van der Waals surface area (Å²) in [5.41, 5.74) is 1.08. The number of aliphatic hydroxyl groups is 3. The first-order valence-electron chi connectivity index (χ1n) is 6.60. The second-order valence-electron chi connectivity index (χ2n) is 5.13. The molecule has 4 rings (SSSR count). The van der Waals surface area contributed by atoms with E-state index >= 15 is 0 Å². The smallest absolute Gasteiger partial charge is 0.249 e. The maximum absolute atomic E-state index is 11.6. The molecule has 4 N–H and O–H groups in total. The minimum atomic E-state index is -1.48. The van der Waals surface area contributed by atoms with E-state index in [0.717, 1.165) is 0 Å². The largest absolute Gasteiger partial charge is 0.385 e. The fourth-order valence-corrected chi connectivity index (χ4v) is 2.72. The van der Waals surface area contributed by atoms with E-state index in [9.17, 15) is 20.1 Å². The average molecular weight is 304 g/mol. The standard InChI is InChI=1S/C13H12N4O5/c18-6-2-1-5-3-17(12-8(19)9(20)13(21)22-12)11-7(5)10(16-6)14-4-15-11/h1-4,8-9,12-13,19-21H,(H,14,15,16,18)/t8-,9+,12?,13?/m1/s1. The van der Waals surface area contributed by atoms with E-state index in [4.69, 9.17) is 4.74 Å². The van der Waals surface area contributed by atoms with Crippen molar-refractivity contribution in [3.8, 4) is 0 Å². The van der Waals surface area contributed by atoms with Crippen LogP contribution in [0.3, 0.4) is 0 Å². The fraction of sp³-hybridized carbons (Fsp3) is 0.308. The summed E-state index contributed by atoms with van der Waals surface area (Å²) in [7, 11) is 0. The first-order valence-corrected chi connectivity index (χ1v) is 6.60. The highest BCUT2D eigenvalue weighted by Crippen LogP contribution is 2.35. The van der Waals surface area contributed by atoms with Gasteiger partial charge >= 0.3 is 0 Å². The van der Waals surface area contributed by atoms with Crippen LogP contribution in [-0.2, 0) is 9.53 Å². The Morgan fingerprint density at radius 3 is 2.73 bits per heavy atom. The third kappa shape index (κ3) is 1.77. The molecule has 0 aliphatic carbocycles. The van der Waals surface area contributed by atoms with E-state index in [1.165, 1.54) is 17.0 Å². The van der Waals surface area contributed by atoms with Gasteiger partial charge in [-0.25, -0.2) is 9.97 Å². The number of nitrogens with one attached hydrogen (secondary N) is 1. The van der Waals surface area contributed by atoms with Gasteiger partial charge in [0.25, 0.3) is 0 Å². The molecule has 9 heteroatoms. The number of aromatic nitrogens is 3. The Labute approximate surface area is 123 Å². The van der Waals surface area contributed by atoms with Crippen molar-refractivity contribution in [1.29, 1.82) is 0 Å². The van der Waals surface area contributed by atoms with E-state index in [2.05, 4.69) is 15.3 Å². The fourth-order valence-electron chi connectivity index (χ4n) is 2.72. The van der Waals surface area contributed by atoms with Crippen molar-refractivity contribution in [1.82, 2.24) is 14.5 Å². The zero-order valence-electron chi connectivity index (χ0n) is 11.1. The maximum Gasteiger partial charge on any atom is 0.249 e. The minimum absolute atomic E-state index is 0.300. The molecule has 1 saturated heterocycles. The zero-order chi connectivity index (χ0) is 15.4. The van der Waals surface area contributed by atoms with Crippen LogP contribution in [0.4, 0.5) is 5.82 Å². The van der Waals surface area contributed by atoms with Gasteiger partial charge in [0.2, 0.25) is 5.91 Å². The van der Waals surface area contributed by atoms with Crippen molar-refractivity contribution in [2.75, 3.05) is 5.32 Å². The molecule has 2 unspecified atom stereocenters. The van der Waals surface area contributed by atoms with Gasteiger partial charge in [-0.05, 0) is 6.08 Å². The van der Waals surface area contributed by atoms with Gasteiger partial charge in [-0.1, -0.05) is 0 Å². The number of ether oxygens (including phenoxy) is 1. The van der Waals surface area contributed by atoms with Crippen LogP contribution in [0.5, 0.6) is 0 Å². The number of hydrogen-bond acceptors (Lipinski definition) is 7. The lowest BCUT2D eigenvalue weighted by molar-refractivity contribution is -0.140. The number of carbonyl (C=O) groups is 1. The summed E-state index contributed by atoms with van der Waals surface area (Å²) in [5, 5.41) is 32.4. The summed E-state index contributed by atoms with van der Waals surface area (Å²) in [6.45, 7) is 0. The SMILES string of the molecule is O=C1C=Cc2cn(C3OC(O)[C@@H](O)[C@H]3O)c3ncnc(c23)N1. The van der Waals surface area contributed by atoms with Gasteiger partial charge in [0, 0.05) is 17.8 Å². The highest BCUT2D eigenvalue weighted by atomic mass is 16.7. The highest BCUT2D eigenvalue weighted by Gasteiger charge is 2.43. The normalized spacial score (nSPS) is 30.6. The molecule has 114 valence electrons. The summed E-state index contributed by atoms with van der Waals surface area (Å²) >= 11 is 0. The van der Waals surface area contributed by atoms with Crippen molar-refractivity contribution in [2.24, 2.45) is 0 Å². The van der Waals surface area contributed by atoms with Crippen molar-refractivity contribution in [3.05, 3.63) is 24.2 Å². The Morgan fingerprint density at radius 1 is 1.18 bits per heavy atom. The number of aliphatic hydroxyl groups excluding tert-OH is 3. The molecule has 0 saturated carbocycles. The monoisotopic (exact) mass is 304 g/mol. The van der Waals surface area contributed by atoms with Gasteiger partial charge < -0.3 is 29.9 Å². The second-order valence-corrected chi connectivity index (χ2v) is 5.13. The summed E-state index contributed by atoms with van der Waals surface area (Å²) in [6, 6.07) is 0. The van der Waals surface area contributed by atoms with Gasteiger partial charge in [0.05, 0.1) is 5.39 Å². The molecule has 0 radical (unpaired) electrons. The van der Waals surface area contributed by atoms with Crippen molar-refractivity contribution in [2.45, 2.75) is 24.7 Å². The Kier molecular flexibility index (Phi) is 2.78. The number of carbonyl (C=O) groups excluding carboxylic acids is 1. The van der Waals surface area contributed by atoms with Crippen molar-refractivity contribution < 1.29 is 24.9 Å². The Hall–Kier alpha value is -2.33. The molecular formula is C13H12N4O5. The van der Waals surface area contributed by atoms with E-state index in [0.29, 0.717) is 22.4 Å². The Bertz CT molecular complexity index is 801. The maximum atomic E-state index is 11.6. The molecule has 2 aliphatic heterocycles. The molecule has 0 aromatic carbocycles.